The van der Waals surface area contributed by atoms with Crippen molar-refractivity contribution < 1.29 is 0 Å². The monoisotopic (exact) mass is 232 g/mol. The van der Waals surface area contributed by atoms with Crippen LogP contribution in [0.15, 0.2) is 29.3 Å². The third-order valence-electron chi connectivity index (χ3n) is 2.75. The number of amidine groups is 1. The fraction of sp³-hybridized carbons (Fsp3) is 0.533. The number of hydrogen-bond donors (Lipinski definition) is 1. The molecule has 0 radical (unpaired) electrons. The molecule has 2 N–H and O–H groups in total. The maximum Gasteiger partial charge on any atom is 0.105 e. The summed E-state index contributed by atoms with van der Waals surface area (Å²) in [5.74, 6) is 0.668. The van der Waals surface area contributed by atoms with Crippen molar-refractivity contribution in [2.24, 2.45) is 16.1 Å². The van der Waals surface area contributed by atoms with Crippen LogP contribution in [0.3, 0.4) is 0 Å². The maximum absolute atomic E-state index is 5.96. The summed E-state index contributed by atoms with van der Waals surface area (Å²) in [7, 11) is 0. The highest BCUT2D eigenvalue weighted by molar-refractivity contribution is 5.87. The minimum Gasteiger partial charge on any atom is -0.387 e. The van der Waals surface area contributed by atoms with Gasteiger partial charge in [-0.3, -0.25) is 0 Å². The van der Waals surface area contributed by atoms with Gasteiger partial charge in [-0.25, -0.2) is 4.99 Å². The molecule has 0 spiro atoms. The first kappa shape index (κ1) is 13.8. The summed E-state index contributed by atoms with van der Waals surface area (Å²) in [5, 5.41) is 0. The molecule has 0 aliphatic heterocycles. The maximum atomic E-state index is 5.96. The lowest BCUT2D eigenvalue weighted by Crippen LogP contribution is -2.28. The number of benzene rings is 1. The van der Waals surface area contributed by atoms with Gasteiger partial charge in [0.1, 0.15) is 5.84 Å². The molecule has 0 saturated carbocycles. The number of nitrogens with zero attached hydrogens (tertiary/aromatic N) is 1. The Morgan fingerprint density at radius 1 is 0.941 bits per heavy atom. The Kier molecular flexibility index (Phi) is 3.65. The van der Waals surface area contributed by atoms with E-state index in [9.17, 15) is 0 Å². The Hall–Kier alpha value is -1.31. The Balaban J connectivity index is 2.97. The zero-order valence-corrected chi connectivity index (χ0v) is 11.8. The highest BCUT2D eigenvalue weighted by Crippen LogP contribution is 2.25. The molecule has 0 aromatic heterocycles. The predicted octanol–water partition coefficient (Wildman–Crippen LogP) is 4.02. The molecule has 0 fully saturated rings. The molecule has 0 heterocycles. The first-order chi connectivity index (χ1) is 7.60. The van der Waals surface area contributed by atoms with Crippen molar-refractivity contribution in [1.82, 2.24) is 0 Å². The first-order valence-corrected chi connectivity index (χ1v) is 6.06. The second-order valence-electron chi connectivity index (χ2n) is 6.54. The summed E-state index contributed by atoms with van der Waals surface area (Å²) < 4.78 is 0. The van der Waals surface area contributed by atoms with E-state index in [0.29, 0.717) is 5.84 Å². The van der Waals surface area contributed by atoms with Gasteiger partial charge in [-0.1, -0.05) is 53.7 Å². The van der Waals surface area contributed by atoms with Gasteiger partial charge < -0.3 is 5.73 Å². The van der Waals surface area contributed by atoms with Crippen LogP contribution in [-0.4, -0.2) is 5.84 Å². The average molecular weight is 232 g/mol. The van der Waals surface area contributed by atoms with E-state index in [1.165, 1.54) is 5.56 Å². The van der Waals surface area contributed by atoms with Crippen molar-refractivity contribution in [2.45, 2.75) is 47.0 Å². The lowest BCUT2D eigenvalue weighted by Gasteiger charge is -2.19. The van der Waals surface area contributed by atoms with Crippen molar-refractivity contribution >= 4 is 11.5 Å². The van der Waals surface area contributed by atoms with Gasteiger partial charge >= 0.3 is 0 Å². The van der Waals surface area contributed by atoms with E-state index in [1.807, 2.05) is 12.1 Å². The normalized spacial score (nSPS) is 13.9. The minimum atomic E-state index is -0.0807. The van der Waals surface area contributed by atoms with Crippen LogP contribution < -0.4 is 5.73 Å². The van der Waals surface area contributed by atoms with Gasteiger partial charge in [0, 0.05) is 5.41 Å². The van der Waals surface area contributed by atoms with Gasteiger partial charge in [0.05, 0.1) is 5.69 Å². The standard InChI is InChI=1S/C15H24N2/c1-14(2,3)11-7-9-12(10-8-11)17-13(16)15(4,5)6/h7-10H,1-6H3,(H2,16,17). The van der Waals surface area contributed by atoms with Crippen molar-refractivity contribution in [2.75, 3.05) is 0 Å². The lowest BCUT2D eigenvalue weighted by atomic mass is 9.87. The van der Waals surface area contributed by atoms with E-state index in [1.54, 1.807) is 0 Å². The van der Waals surface area contributed by atoms with Crippen molar-refractivity contribution in [3.05, 3.63) is 29.8 Å². The molecule has 0 saturated heterocycles. The second kappa shape index (κ2) is 4.52. The largest absolute Gasteiger partial charge is 0.387 e. The third kappa shape index (κ3) is 3.88. The van der Waals surface area contributed by atoms with Crippen LogP contribution in [0.2, 0.25) is 0 Å². The molecule has 0 atom stereocenters. The third-order valence-corrected chi connectivity index (χ3v) is 2.75. The summed E-state index contributed by atoms with van der Waals surface area (Å²) in [6.07, 6.45) is 0. The number of aliphatic imine (C=N–C) groups is 1. The summed E-state index contributed by atoms with van der Waals surface area (Å²) >= 11 is 0. The van der Waals surface area contributed by atoms with Crippen molar-refractivity contribution in [3.63, 3.8) is 0 Å². The zero-order chi connectivity index (χ0) is 13.3. The zero-order valence-electron chi connectivity index (χ0n) is 11.8. The molecule has 0 amide bonds. The Morgan fingerprint density at radius 3 is 1.76 bits per heavy atom. The Labute approximate surface area is 105 Å². The SMILES string of the molecule is CC(C)(C)C(N)=Nc1ccc(C(C)(C)C)cc1. The highest BCUT2D eigenvalue weighted by Gasteiger charge is 2.16. The van der Waals surface area contributed by atoms with Crippen LogP contribution in [0.4, 0.5) is 5.69 Å². The Bertz CT molecular complexity index is 400. The molecule has 0 aliphatic carbocycles. The van der Waals surface area contributed by atoms with Gasteiger partial charge in [-0.2, -0.15) is 0 Å². The van der Waals surface area contributed by atoms with Crippen LogP contribution in [-0.2, 0) is 5.41 Å². The molecule has 1 rings (SSSR count). The molecule has 2 heteroatoms. The van der Waals surface area contributed by atoms with E-state index in [4.69, 9.17) is 5.73 Å². The van der Waals surface area contributed by atoms with Gasteiger partial charge in [0.2, 0.25) is 0 Å². The van der Waals surface area contributed by atoms with E-state index in [-0.39, 0.29) is 10.8 Å². The average Bonchev–Trinajstić information content (AvgIpc) is 2.15. The fourth-order valence-corrected chi connectivity index (χ4v) is 1.34. The van der Waals surface area contributed by atoms with E-state index < -0.39 is 0 Å². The lowest BCUT2D eigenvalue weighted by molar-refractivity contribution is 0.584. The van der Waals surface area contributed by atoms with Gasteiger partial charge in [-0.05, 0) is 23.1 Å². The molecule has 0 aliphatic rings. The van der Waals surface area contributed by atoms with Gasteiger partial charge in [0.25, 0.3) is 0 Å². The van der Waals surface area contributed by atoms with Crippen molar-refractivity contribution in [1.29, 1.82) is 0 Å². The van der Waals surface area contributed by atoms with Crippen LogP contribution in [0.1, 0.15) is 47.1 Å². The fourth-order valence-electron chi connectivity index (χ4n) is 1.34. The molecule has 2 nitrogen and oxygen atoms in total. The summed E-state index contributed by atoms with van der Waals surface area (Å²) in [6, 6.07) is 8.29. The Morgan fingerprint density at radius 2 is 1.41 bits per heavy atom. The summed E-state index contributed by atoms with van der Waals surface area (Å²) in [4.78, 5) is 4.45. The quantitative estimate of drug-likeness (QED) is 0.576. The highest BCUT2D eigenvalue weighted by atomic mass is 14.9. The van der Waals surface area contributed by atoms with Gasteiger partial charge in [0.15, 0.2) is 0 Å². The molecule has 1 aromatic rings. The smallest absolute Gasteiger partial charge is 0.105 e. The number of rotatable bonds is 1. The van der Waals surface area contributed by atoms with E-state index in [0.717, 1.165) is 5.69 Å². The molecule has 0 unspecified atom stereocenters. The van der Waals surface area contributed by atoms with E-state index >= 15 is 0 Å². The summed E-state index contributed by atoms with van der Waals surface area (Å²) in [5.41, 5.74) is 8.29. The first-order valence-electron chi connectivity index (χ1n) is 6.06. The predicted molar refractivity (Wildman–Crippen MR) is 75.9 cm³/mol. The molecular formula is C15H24N2. The van der Waals surface area contributed by atoms with Gasteiger partial charge in [-0.15, -0.1) is 0 Å². The van der Waals surface area contributed by atoms with Crippen molar-refractivity contribution in [3.8, 4) is 0 Å². The molecule has 0 bridgehead atoms. The van der Waals surface area contributed by atoms with Crippen LogP contribution >= 0.6 is 0 Å². The minimum absolute atomic E-state index is 0.0807. The van der Waals surface area contributed by atoms with Crippen LogP contribution in [0.25, 0.3) is 0 Å². The topological polar surface area (TPSA) is 38.4 Å². The molecule has 94 valence electrons. The molecule has 1 aromatic carbocycles. The number of hydrogen-bond acceptors (Lipinski definition) is 1. The van der Waals surface area contributed by atoms with Crippen LogP contribution in [0.5, 0.6) is 0 Å². The van der Waals surface area contributed by atoms with E-state index in [2.05, 4.69) is 58.7 Å². The molecular weight excluding hydrogens is 208 g/mol. The number of nitrogens with two attached hydrogens (primary N) is 1. The van der Waals surface area contributed by atoms with Crippen LogP contribution in [0, 0.1) is 5.41 Å². The summed E-state index contributed by atoms with van der Waals surface area (Å²) in [6.45, 7) is 12.8. The second-order valence-corrected chi connectivity index (χ2v) is 6.54. The molecule has 17 heavy (non-hydrogen) atoms.